The van der Waals surface area contributed by atoms with E-state index in [0.717, 1.165) is 0 Å². The molecule has 0 spiro atoms. The Kier molecular flexibility index (Phi) is 2.12. The molecule has 1 atom stereocenters. The first-order valence-corrected chi connectivity index (χ1v) is 4.13. The summed E-state index contributed by atoms with van der Waals surface area (Å²) >= 11 is 0. The van der Waals surface area contributed by atoms with Crippen molar-refractivity contribution in [1.82, 2.24) is 0 Å². The van der Waals surface area contributed by atoms with Gasteiger partial charge in [0, 0.05) is 5.56 Å². The molecule has 2 rings (SSSR count). The van der Waals surface area contributed by atoms with Crippen molar-refractivity contribution in [1.29, 1.82) is 0 Å². The Balaban J connectivity index is 2.46. The lowest BCUT2D eigenvalue weighted by atomic mass is 10.1. The Morgan fingerprint density at radius 2 is 2.13 bits per heavy atom. The maximum atomic E-state index is 10.5. The van der Waals surface area contributed by atoms with E-state index in [2.05, 4.69) is 0 Å². The number of fused-ring (bicyclic) bond motifs is 1. The molecule has 1 aromatic rings. The number of aliphatic hydroxyl groups is 1. The van der Waals surface area contributed by atoms with E-state index in [1.807, 2.05) is 0 Å². The molecular weight excluding hydrogens is 204 g/mol. The minimum Gasteiger partial charge on any atom is -0.504 e. The van der Waals surface area contributed by atoms with Gasteiger partial charge in [0.15, 0.2) is 17.6 Å². The molecule has 0 saturated heterocycles. The second-order valence-electron chi connectivity index (χ2n) is 2.98. The van der Waals surface area contributed by atoms with Gasteiger partial charge in [0.2, 0.25) is 12.5 Å². The highest BCUT2D eigenvalue weighted by molar-refractivity contribution is 5.76. The van der Waals surface area contributed by atoms with Gasteiger partial charge < -0.3 is 24.8 Å². The highest BCUT2D eigenvalue weighted by Crippen LogP contribution is 2.44. The van der Waals surface area contributed by atoms with Crippen LogP contribution in [0.4, 0.5) is 0 Å². The van der Waals surface area contributed by atoms with Crippen molar-refractivity contribution >= 4 is 5.97 Å². The number of hydrogen-bond acceptors (Lipinski definition) is 5. The highest BCUT2D eigenvalue weighted by Gasteiger charge is 2.26. The number of rotatable bonds is 2. The number of benzene rings is 1. The first kappa shape index (κ1) is 9.60. The van der Waals surface area contributed by atoms with Gasteiger partial charge in [-0.25, -0.2) is 4.79 Å². The van der Waals surface area contributed by atoms with Gasteiger partial charge in [0.25, 0.3) is 0 Å². The number of carboxylic acid groups (broad SMARTS) is 1. The molecule has 6 heteroatoms. The van der Waals surface area contributed by atoms with Crippen LogP contribution in [0.2, 0.25) is 0 Å². The Morgan fingerprint density at radius 3 is 2.80 bits per heavy atom. The fourth-order valence-corrected chi connectivity index (χ4v) is 1.33. The molecule has 0 radical (unpaired) electrons. The minimum atomic E-state index is -1.78. The first-order valence-electron chi connectivity index (χ1n) is 4.13. The summed E-state index contributed by atoms with van der Waals surface area (Å²) in [5, 5.41) is 27.4. The van der Waals surface area contributed by atoms with Crippen molar-refractivity contribution in [3.8, 4) is 17.2 Å². The lowest BCUT2D eigenvalue weighted by Gasteiger charge is -2.09. The molecule has 6 nitrogen and oxygen atoms in total. The molecule has 1 aliphatic rings. The van der Waals surface area contributed by atoms with E-state index in [1.54, 1.807) is 0 Å². The van der Waals surface area contributed by atoms with Gasteiger partial charge in [-0.1, -0.05) is 0 Å². The van der Waals surface area contributed by atoms with E-state index in [1.165, 1.54) is 12.1 Å². The number of aliphatic carboxylic acids is 1. The third-order valence-electron chi connectivity index (χ3n) is 2.07. The molecule has 1 unspecified atom stereocenters. The molecule has 3 N–H and O–H groups in total. The zero-order valence-corrected chi connectivity index (χ0v) is 7.51. The largest absolute Gasteiger partial charge is 0.504 e. The quantitative estimate of drug-likeness (QED) is 0.649. The van der Waals surface area contributed by atoms with E-state index >= 15 is 0 Å². The van der Waals surface area contributed by atoms with Gasteiger partial charge in [0.1, 0.15) is 0 Å². The molecule has 1 aromatic carbocycles. The number of carbonyl (C=O) groups is 1. The van der Waals surface area contributed by atoms with Gasteiger partial charge in [-0.3, -0.25) is 0 Å². The van der Waals surface area contributed by atoms with Crippen LogP contribution in [0, 0.1) is 0 Å². The van der Waals surface area contributed by atoms with E-state index in [9.17, 15) is 15.0 Å². The van der Waals surface area contributed by atoms with Gasteiger partial charge in [-0.2, -0.15) is 0 Å². The SMILES string of the molecule is O=C(O)C(O)c1ccc2c(c1O)OCO2. The smallest absolute Gasteiger partial charge is 0.337 e. The fraction of sp³-hybridized carbons (Fsp3) is 0.222. The Bertz CT molecular complexity index is 413. The van der Waals surface area contributed by atoms with Crippen LogP contribution in [0.1, 0.15) is 11.7 Å². The van der Waals surface area contributed by atoms with Gasteiger partial charge >= 0.3 is 5.97 Å². The van der Waals surface area contributed by atoms with Crippen LogP contribution in [0.15, 0.2) is 12.1 Å². The average Bonchev–Trinajstić information content (AvgIpc) is 2.66. The summed E-state index contributed by atoms with van der Waals surface area (Å²) in [5.74, 6) is -1.45. The van der Waals surface area contributed by atoms with Crippen LogP contribution in [0.5, 0.6) is 17.2 Å². The lowest BCUT2D eigenvalue weighted by Crippen LogP contribution is -2.10. The third kappa shape index (κ3) is 1.44. The molecular formula is C9H8O6. The second kappa shape index (κ2) is 3.32. The normalized spacial score (nSPS) is 15.0. The number of hydrogen-bond donors (Lipinski definition) is 3. The first-order chi connectivity index (χ1) is 7.11. The monoisotopic (exact) mass is 212 g/mol. The van der Waals surface area contributed by atoms with Crippen LogP contribution in [-0.4, -0.2) is 28.1 Å². The maximum Gasteiger partial charge on any atom is 0.337 e. The van der Waals surface area contributed by atoms with Crippen LogP contribution in [0.25, 0.3) is 0 Å². The fourth-order valence-electron chi connectivity index (χ4n) is 1.33. The molecule has 80 valence electrons. The number of carboxylic acids is 1. The van der Waals surface area contributed by atoms with Crippen LogP contribution in [0.3, 0.4) is 0 Å². The summed E-state index contributed by atoms with van der Waals surface area (Å²) in [7, 11) is 0. The molecule has 0 aromatic heterocycles. The highest BCUT2D eigenvalue weighted by atomic mass is 16.7. The summed E-state index contributed by atoms with van der Waals surface area (Å²) in [6.45, 7) is -0.0322. The van der Waals surface area contributed by atoms with Crippen molar-refractivity contribution in [2.24, 2.45) is 0 Å². The van der Waals surface area contributed by atoms with E-state index < -0.39 is 17.8 Å². The summed E-state index contributed by atoms with van der Waals surface area (Å²) in [6.07, 6.45) is -1.78. The molecule has 0 aliphatic carbocycles. The second-order valence-corrected chi connectivity index (χ2v) is 2.98. The number of aromatic hydroxyl groups is 1. The zero-order valence-electron chi connectivity index (χ0n) is 7.51. The number of phenols is 1. The summed E-state index contributed by atoms with van der Waals surface area (Å²) in [5.41, 5.74) is -0.119. The predicted octanol–water partition coefficient (Wildman–Crippen LogP) is 0.239. The van der Waals surface area contributed by atoms with E-state index in [-0.39, 0.29) is 18.1 Å². The molecule has 1 heterocycles. The van der Waals surface area contributed by atoms with Crippen LogP contribution >= 0.6 is 0 Å². The topological polar surface area (TPSA) is 96.2 Å². The molecule has 1 aliphatic heterocycles. The van der Waals surface area contributed by atoms with Gasteiger partial charge in [-0.15, -0.1) is 0 Å². The number of aliphatic hydroxyl groups excluding tert-OH is 1. The molecule has 0 amide bonds. The van der Waals surface area contributed by atoms with E-state index in [4.69, 9.17) is 14.6 Å². The molecule has 15 heavy (non-hydrogen) atoms. The van der Waals surface area contributed by atoms with Crippen molar-refractivity contribution < 1.29 is 29.6 Å². The van der Waals surface area contributed by atoms with Gasteiger partial charge in [0.05, 0.1) is 0 Å². The molecule has 0 saturated carbocycles. The molecule has 0 bridgehead atoms. The van der Waals surface area contributed by atoms with Crippen LogP contribution in [-0.2, 0) is 4.79 Å². The lowest BCUT2D eigenvalue weighted by molar-refractivity contribution is -0.147. The summed E-state index contributed by atoms with van der Waals surface area (Å²) in [4.78, 5) is 10.5. The van der Waals surface area contributed by atoms with E-state index in [0.29, 0.717) is 5.75 Å². The predicted molar refractivity (Wildman–Crippen MR) is 46.8 cm³/mol. The standard InChI is InChI=1S/C9H8O6/c10-6-4(7(11)9(12)13)1-2-5-8(6)15-3-14-5/h1-2,7,10-11H,3H2,(H,12,13). The van der Waals surface area contributed by atoms with Crippen LogP contribution < -0.4 is 9.47 Å². The van der Waals surface area contributed by atoms with Crippen molar-refractivity contribution in [3.05, 3.63) is 17.7 Å². The number of phenolic OH excluding ortho intramolecular Hbond substituents is 1. The van der Waals surface area contributed by atoms with Gasteiger partial charge in [-0.05, 0) is 12.1 Å². The van der Waals surface area contributed by atoms with Crippen molar-refractivity contribution in [3.63, 3.8) is 0 Å². The Labute approximate surface area is 84.3 Å². The maximum absolute atomic E-state index is 10.5. The minimum absolute atomic E-state index is 0.0322. The average molecular weight is 212 g/mol. The Hall–Kier alpha value is -1.95. The third-order valence-corrected chi connectivity index (χ3v) is 2.07. The molecule has 0 fully saturated rings. The number of ether oxygens (including phenoxy) is 2. The van der Waals surface area contributed by atoms with Crippen molar-refractivity contribution in [2.75, 3.05) is 6.79 Å². The summed E-state index contributed by atoms with van der Waals surface area (Å²) in [6, 6.07) is 2.71. The Morgan fingerprint density at radius 1 is 1.40 bits per heavy atom. The summed E-state index contributed by atoms with van der Waals surface area (Å²) < 4.78 is 9.89. The van der Waals surface area contributed by atoms with Crippen molar-refractivity contribution in [2.45, 2.75) is 6.10 Å². The zero-order chi connectivity index (χ0) is 11.0.